The van der Waals surface area contributed by atoms with E-state index in [0.29, 0.717) is 0 Å². The van der Waals surface area contributed by atoms with E-state index in [4.69, 9.17) is 4.43 Å². The molecule has 0 unspecified atom stereocenters. The first kappa shape index (κ1) is 22.8. The number of Topliss-reactive ketones (excluding diaryl/α,β-unsaturated/α-hetero) is 1. The number of carbonyl (C=O) groups excluding carboxylic acids is 2. The number of nitrogens with one attached hydrogen (secondary N) is 1. The number of carbonyl (C=O) groups is 2. The fourth-order valence-corrected chi connectivity index (χ4v) is 5.39. The zero-order valence-electron chi connectivity index (χ0n) is 17.9. The Morgan fingerprint density at radius 2 is 1.96 bits per heavy atom. The first-order valence-electron chi connectivity index (χ1n) is 9.29. The quantitative estimate of drug-likeness (QED) is 0.403. The molecule has 1 saturated heterocycles. The molecule has 158 valence electrons. The van der Waals surface area contributed by atoms with E-state index < -0.39 is 24.1 Å². The Balaban J connectivity index is 2.10. The van der Waals surface area contributed by atoms with Crippen LogP contribution < -0.4 is 5.32 Å². The van der Waals surface area contributed by atoms with Gasteiger partial charge in [-0.1, -0.05) is 20.8 Å². The van der Waals surface area contributed by atoms with Gasteiger partial charge in [0.05, 0.1) is 18.1 Å². The molecule has 0 aromatic carbocycles. The number of hydrogen-bond acceptors (Lipinski definition) is 6. The second-order valence-corrected chi connectivity index (χ2v) is 15.8. The molecule has 0 saturated carbocycles. The third-order valence-electron chi connectivity index (χ3n) is 5.71. The smallest absolute Gasteiger partial charge is 0.228 e. The predicted octanol–water partition coefficient (Wildman–Crippen LogP) is 1.92. The third kappa shape index (κ3) is 4.55. The molecule has 8 nitrogen and oxygen atoms in total. The summed E-state index contributed by atoms with van der Waals surface area (Å²) in [6.07, 6.45) is 2.21. The number of sulfone groups is 1. The normalized spacial score (nSPS) is 21.8. The number of rotatable bonds is 7. The van der Waals surface area contributed by atoms with Crippen molar-refractivity contribution in [1.82, 2.24) is 14.9 Å². The molecule has 0 bridgehead atoms. The van der Waals surface area contributed by atoms with E-state index in [1.807, 2.05) is 6.92 Å². The molecule has 3 atom stereocenters. The summed E-state index contributed by atoms with van der Waals surface area (Å²) in [7, 11) is -4.04. The maximum absolute atomic E-state index is 12.6. The molecule has 10 heteroatoms. The van der Waals surface area contributed by atoms with Crippen molar-refractivity contribution >= 4 is 29.8 Å². The molecule has 0 radical (unpaired) electrons. The van der Waals surface area contributed by atoms with Crippen molar-refractivity contribution in [2.24, 2.45) is 13.0 Å². The number of aryl methyl sites for hydroxylation is 1. The van der Waals surface area contributed by atoms with Crippen LogP contribution in [0.2, 0.25) is 18.1 Å². The lowest BCUT2D eigenvalue weighted by Crippen LogP contribution is -2.64. The number of nitrogens with zero attached hydrogens (tertiary/aromatic N) is 2. The highest BCUT2D eigenvalue weighted by Crippen LogP contribution is 2.39. The third-order valence-corrected chi connectivity index (χ3v) is 11.3. The predicted molar refractivity (Wildman–Crippen MR) is 108 cm³/mol. The monoisotopic (exact) mass is 429 g/mol. The second-order valence-electron chi connectivity index (χ2n) is 9.14. The second kappa shape index (κ2) is 7.38. The zero-order valence-corrected chi connectivity index (χ0v) is 19.7. The number of imidazole rings is 1. The van der Waals surface area contributed by atoms with Crippen molar-refractivity contribution in [2.75, 3.05) is 6.26 Å². The van der Waals surface area contributed by atoms with E-state index in [1.54, 1.807) is 0 Å². The number of ketones is 1. The van der Waals surface area contributed by atoms with E-state index in [9.17, 15) is 18.0 Å². The fourth-order valence-electron chi connectivity index (χ4n) is 3.12. The zero-order chi connectivity index (χ0) is 21.7. The lowest BCUT2D eigenvalue weighted by Gasteiger charge is -2.45. The van der Waals surface area contributed by atoms with Gasteiger partial charge in [-0.25, -0.2) is 13.4 Å². The number of β-lactam (4-membered cyclic amide) rings is 1. The molecule has 28 heavy (non-hydrogen) atoms. The van der Waals surface area contributed by atoms with Crippen LogP contribution in [0.1, 0.15) is 44.6 Å². The van der Waals surface area contributed by atoms with Crippen LogP contribution in [0.25, 0.3) is 0 Å². The Kier molecular flexibility index (Phi) is 6.00. The average molecular weight is 430 g/mol. The van der Waals surface area contributed by atoms with Gasteiger partial charge in [-0.15, -0.1) is 0 Å². The molecule has 1 amide bonds. The summed E-state index contributed by atoms with van der Waals surface area (Å²) in [5, 5.41) is 2.64. The van der Waals surface area contributed by atoms with Gasteiger partial charge in [0.25, 0.3) is 0 Å². The van der Waals surface area contributed by atoms with Crippen LogP contribution in [0.4, 0.5) is 0 Å². The van der Waals surface area contributed by atoms with Crippen molar-refractivity contribution in [1.29, 1.82) is 0 Å². The largest absolute Gasteiger partial charge is 0.413 e. The molecule has 1 N–H and O–H groups in total. The number of hydrogen-bond donors (Lipinski definition) is 1. The van der Waals surface area contributed by atoms with Gasteiger partial charge in [0.15, 0.2) is 14.1 Å². The first-order valence-corrected chi connectivity index (χ1v) is 14.1. The molecule has 1 aliphatic rings. The molecule has 1 aromatic rings. The van der Waals surface area contributed by atoms with Gasteiger partial charge in [0, 0.05) is 25.9 Å². The van der Waals surface area contributed by atoms with Gasteiger partial charge in [-0.05, 0) is 25.1 Å². The summed E-state index contributed by atoms with van der Waals surface area (Å²) in [6, 6.07) is -0.344. The minimum atomic E-state index is -3.52. The molecular weight excluding hydrogens is 398 g/mol. The summed E-state index contributed by atoms with van der Waals surface area (Å²) in [5.41, 5.74) is 0.0841. The van der Waals surface area contributed by atoms with Crippen LogP contribution in [-0.2, 0) is 26.1 Å². The van der Waals surface area contributed by atoms with E-state index in [0.717, 1.165) is 6.26 Å². The van der Waals surface area contributed by atoms with E-state index in [-0.39, 0.29) is 46.1 Å². The summed E-state index contributed by atoms with van der Waals surface area (Å²) >= 11 is 0. The van der Waals surface area contributed by atoms with Crippen LogP contribution >= 0.6 is 0 Å². The number of aromatic nitrogens is 2. The molecule has 1 aliphatic heterocycles. The van der Waals surface area contributed by atoms with E-state index in [2.05, 4.69) is 44.2 Å². The van der Waals surface area contributed by atoms with Crippen LogP contribution in [0.3, 0.4) is 0 Å². The van der Waals surface area contributed by atoms with E-state index >= 15 is 0 Å². The lowest BCUT2D eigenvalue weighted by molar-refractivity contribution is -0.139. The summed E-state index contributed by atoms with van der Waals surface area (Å²) < 4.78 is 31.1. The average Bonchev–Trinajstić information content (AvgIpc) is 2.86. The highest BCUT2D eigenvalue weighted by Gasteiger charge is 2.48. The summed E-state index contributed by atoms with van der Waals surface area (Å²) in [5.74, 6) is -0.835. The lowest BCUT2D eigenvalue weighted by atomic mass is 9.83. The highest BCUT2D eigenvalue weighted by molar-refractivity contribution is 7.90. The fraction of sp³-hybridized carbons (Fsp3) is 0.722. The SMILES string of the molecule is C[C@@H](O[Si](C)(C)C(C)(C)C)[C@H]1C(=O)N[C@@H]1CC(=O)c1cn(C)c(S(C)(=O)=O)n1. The summed E-state index contributed by atoms with van der Waals surface area (Å²) in [4.78, 5) is 28.7. The van der Waals surface area contributed by atoms with Gasteiger partial charge in [0.1, 0.15) is 5.69 Å². The topological polar surface area (TPSA) is 107 Å². The van der Waals surface area contributed by atoms with Crippen molar-refractivity contribution in [3.8, 4) is 0 Å². The van der Waals surface area contributed by atoms with Gasteiger partial charge in [0.2, 0.25) is 20.9 Å². The van der Waals surface area contributed by atoms with Gasteiger partial charge in [-0.2, -0.15) is 0 Å². The van der Waals surface area contributed by atoms with Crippen LogP contribution in [0, 0.1) is 5.92 Å². The van der Waals surface area contributed by atoms with Crippen molar-refractivity contribution in [3.05, 3.63) is 11.9 Å². The Morgan fingerprint density at radius 1 is 1.39 bits per heavy atom. The first-order chi connectivity index (χ1) is 12.5. The molecular formula is C18H31N3O5SSi. The minimum Gasteiger partial charge on any atom is -0.413 e. The highest BCUT2D eigenvalue weighted by atomic mass is 32.2. The number of amides is 1. The van der Waals surface area contributed by atoms with Gasteiger partial charge in [-0.3, -0.25) is 9.59 Å². The van der Waals surface area contributed by atoms with Crippen LogP contribution in [0.5, 0.6) is 0 Å². The Bertz CT molecular complexity index is 886. The maximum atomic E-state index is 12.6. The molecule has 1 fully saturated rings. The van der Waals surface area contributed by atoms with Crippen molar-refractivity contribution in [3.63, 3.8) is 0 Å². The minimum absolute atomic E-state index is 0.0167. The molecule has 0 aliphatic carbocycles. The molecule has 0 spiro atoms. The molecule has 2 heterocycles. The molecule has 2 rings (SSSR count). The Morgan fingerprint density at radius 3 is 2.39 bits per heavy atom. The van der Waals surface area contributed by atoms with Crippen molar-refractivity contribution in [2.45, 2.75) is 69.6 Å². The Labute approximate surface area is 168 Å². The van der Waals surface area contributed by atoms with E-state index in [1.165, 1.54) is 17.8 Å². The van der Waals surface area contributed by atoms with Gasteiger partial charge >= 0.3 is 0 Å². The van der Waals surface area contributed by atoms with Gasteiger partial charge < -0.3 is 14.3 Å². The van der Waals surface area contributed by atoms with Crippen molar-refractivity contribution < 1.29 is 22.4 Å². The molecule has 1 aromatic heterocycles. The Hall–Kier alpha value is -1.52. The summed E-state index contributed by atoms with van der Waals surface area (Å²) in [6.45, 7) is 12.5. The maximum Gasteiger partial charge on any atom is 0.228 e. The van der Waals surface area contributed by atoms with Crippen LogP contribution in [0.15, 0.2) is 11.4 Å². The standard InChI is InChI=1S/C18H31N3O5SSi/c1-11(26-28(7,8)18(2,3)4)15-12(19-16(15)23)9-14(22)13-10-21(5)17(20-13)27(6,24)25/h10-12,15H,9H2,1-8H3,(H,19,23)/t11-,12-,15-/m1/s1. The van der Waals surface area contributed by atoms with Crippen LogP contribution in [-0.4, -0.2) is 56.4 Å².